The molecule has 0 aliphatic carbocycles. The molecule has 0 saturated carbocycles. The number of anilines is 1. The first kappa shape index (κ1) is 17.0. The summed E-state index contributed by atoms with van der Waals surface area (Å²) in [5, 5.41) is 14.4. The number of hydrogen-bond donors (Lipinski definition) is 3. The van der Waals surface area contributed by atoms with Gasteiger partial charge in [0.1, 0.15) is 0 Å². The molecule has 0 aromatic heterocycles. The molecule has 1 rings (SSSR count). The van der Waals surface area contributed by atoms with Crippen LogP contribution in [-0.4, -0.2) is 23.7 Å². The van der Waals surface area contributed by atoms with Gasteiger partial charge in [0.25, 0.3) is 0 Å². The molecule has 0 fully saturated rings. The molecular weight excluding hydrogens is 268 g/mol. The highest BCUT2D eigenvalue weighted by molar-refractivity contribution is 5.89. The molecule has 5 nitrogen and oxygen atoms in total. The van der Waals surface area contributed by atoms with Crippen LogP contribution >= 0.6 is 0 Å². The molecule has 0 radical (unpaired) electrons. The van der Waals surface area contributed by atoms with E-state index >= 15 is 0 Å². The number of carboxylic acids is 1. The minimum atomic E-state index is -0.832. The van der Waals surface area contributed by atoms with Crippen LogP contribution in [0.3, 0.4) is 0 Å². The minimum absolute atomic E-state index is 0.0498. The van der Waals surface area contributed by atoms with Gasteiger partial charge in [-0.05, 0) is 37.3 Å². The third kappa shape index (κ3) is 7.34. The fraction of sp³-hybridized carbons (Fsp3) is 0.500. The van der Waals surface area contributed by atoms with Crippen LogP contribution in [-0.2, 0) is 4.79 Å². The second-order valence-electron chi connectivity index (χ2n) is 5.79. The highest BCUT2D eigenvalue weighted by Gasteiger charge is 2.16. The number of carbonyl (C=O) groups excluding carboxylic acids is 1. The average molecular weight is 292 g/mol. The lowest BCUT2D eigenvalue weighted by Gasteiger charge is -2.18. The van der Waals surface area contributed by atoms with Crippen LogP contribution in [0.2, 0.25) is 0 Å². The first-order valence-electron chi connectivity index (χ1n) is 7.20. The minimum Gasteiger partial charge on any atom is -0.481 e. The Morgan fingerprint density at radius 1 is 1.19 bits per heavy atom. The maximum Gasteiger partial charge on any atom is 0.319 e. The molecular formula is C16H24N2O3. The lowest BCUT2D eigenvalue weighted by atomic mass is 9.94. The van der Waals surface area contributed by atoms with E-state index < -0.39 is 5.97 Å². The van der Waals surface area contributed by atoms with E-state index in [1.165, 1.54) is 0 Å². The Labute approximate surface area is 125 Å². The largest absolute Gasteiger partial charge is 0.481 e. The predicted octanol–water partition coefficient (Wildman–Crippen LogP) is 3.25. The normalized spacial score (nSPS) is 12.0. The standard InChI is InChI=1S/C16H24N2O3/c1-11(2)8-13(9-15(19)20)10-17-16(21)18-14-6-4-12(3)5-7-14/h4-7,11,13H,8-10H2,1-3H3,(H,19,20)(H2,17,18,21)/t13-/m0/s1. The summed E-state index contributed by atoms with van der Waals surface area (Å²) in [6, 6.07) is 7.19. The molecule has 0 aliphatic rings. The third-order valence-corrected chi connectivity index (χ3v) is 3.13. The van der Waals surface area contributed by atoms with E-state index in [1.807, 2.05) is 45.0 Å². The summed E-state index contributed by atoms with van der Waals surface area (Å²) in [5.74, 6) is -0.482. The predicted molar refractivity (Wildman–Crippen MR) is 83.4 cm³/mol. The SMILES string of the molecule is Cc1ccc(NC(=O)NC[C@H](CC(=O)O)CC(C)C)cc1. The molecule has 0 aliphatic heterocycles. The Bertz CT molecular complexity index is 469. The second kappa shape index (κ2) is 8.29. The van der Waals surface area contributed by atoms with Gasteiger partial charge in [0.15, 0.2) is 0 Å². The van der Waals surface area contributed by atoms with Crippen molar-refractivity contribution in [2.45, 2.75) is 33.6 Å². The molecule has 116 valence electrons. The Kier molecular flexibility index (Phi) is 6.72. The van der Waals surface area contributed by atoms with Crippen molar-refractivity contribution in [3.63, 3.8) is 0 Å². The summed E-state index contributed by atoms with van der Waals surface area (Å²) < 4.78 is 0. The number of carbonyl (C=O) groups is 2. The zero-order valence-corrected chi connectivity index (χ0v) is 12.8. The maximum absolute atomic E-state index is 11.8. The van der Waals surface area contributed by atoms with Gasteiger partial charge in [-0.2, -0.15) is 0 Å². The van der Waals surface area contributed by atoms with Crippen LogP contribution < -0.4 is 10.6 Å². The smallest absolute Gasteiger partial charge is 0.319 e. The number of aryl methyl sites for hydroxylation is 1. The van der Waals surface area contributed by atoms with E-state index in [2.05, 4.69) is 10.6 Å². The van der Waals surface area contributed by atoms with E-state index in [1.54, 1.807) is 0 Å². The van der Waals surface area contributed by atoms with Crippen molar-refractivity contribution in [1.82, 2.24) is 5.32 Å². The van der Waals surface area contributed by atoms with Crippen LogP contribution in [0.1, 0.15) is 32.3 Å². The van der Waals surface area contributed by atoms with Gasteiger partial charge in [-0.1, -0.05) is 31.5 Å². The number of urea groups is 1. The van der Waals surface area contributed by atoms with Crippen molar-refractivity contribution in [2.24, 2.45) is 11.8 Å². The summed E-state index contributed by atoms with van der Waals surface area (Å²) in [4.78, 5) is 22.6. The number of aliphatic carboxylic acids is 1. The van der Waals surface area contributed by atoms with Gasteiger partial charge in [-0.25, -0.2) is 4.79 Å². The molecule has 0 unspecified atom stereocenters. The van der Waals surface area contributed by atoms with E-state index in [9.17, 15) is 9.59 Å². The van der Waals surface area contributed by atoms with Gasteiger partial charge >= 0.3 is 12.0 Å². The van der Waals surface area contributed by atoms with Crippen LogP contribution in [0, 0.1) is 18.8 Å². The number of nitrogens with one attached hydrogen (secondary N) is 2. The van der Waals surface area contributed by atoms with Crippen LogP contribution in [0.25, 0.3) is 0 Å². The molecule has 1 atom stereocenters. The molecule has 0 spiro atoms. The van der Waals surface area contributed by atoms with Crippen molar-refractivity contribution in [1.29, 1.82) is 0 Å². The van der Waals surface area contributed by atoms with Crippen molar-refractivity contribution >= 4 is 17.7 Å². The van der Waals surface area contributed by atoms with Crippen molar-refractivity contribution in [3.05, 3.63) is 29.8 Å². The molecule has 2 amide bonds. The number of benzene rings is 1. The fourth-order valence-electron chi connectivity index (χ4n) is 2.20. The summed E-state index contributed by atoms with van der Waals surface area (Å²) >= 11 is 0. The monoisotopic (exact) mass is 292 g/mol. The lowest BCUT2D eigenvalue weighted by Crippen LogP contribution is -2.34. The van der Waals surface area contributed by atoms with E-state index in [4.69, 9.17) is 5.11 Å². The van der Waals surface area contributed by atoms with Gasteiger partial charge < -0.3 is 15.7 Å². The van der Waals surface area contributed by atoms with Crippen LogP contribution in [0.4, 0.5) is 10.5 Å². The first-order valence-corrected chi connectivity index (χ1v) is 7.20. The Morgan fingerprint density at radius 2 is 1.81 bits per heavy atom. The highest BCUT2D eigenvalue weighted by atomic mass is 16.4. The summed E-state index contributed by atoms with van der Waals surface area (Å²) in [5.41, 5.74) is 1.84. The van der Waals surface area contributed by atoms with Gasteiger partial charge in [-0.15, -0.1) is 0 Å². The summed E-state index contributed by atoms with van der Waals surface area (Å²) in [7, 11) is 0. The van der Waals surface area contributed by atoms with Gasteiger partial charge in [0.2, 0.25) is 0 Å². The van der Waals surface area contributed by atoms with Crippen molar-refractivity contribution in [2.75, 3.05) is 11.9 Å². The highest BCUT2D eigenvalue weighted by Crippen LogP contribution is 2.15. The Balaban J connectivity index is 2.44. The zero-order valence-electron chi connectivity index (χ0n) is 12.8. The second-order valence-corrected chi connectivity index (χ2v) is 5.79. The first-order chi connectivity index (χ1) is 9.86. The summed E-state index contributed by atoms with van der Waals surface area (Å²) in [6.07, 6.45) is 0.847. The number of amides is 2. The van der Waals surface area contributed by atoms with E-state index in [0.717, 1.165) is 17.7 Å². The topological polar surface area (TPSA) is 78.4 Å². The fourth-order valence-corrected chi connectivity index (χ4v) is 2.20. The Morgan fingerprint density at radius 3 is 2.33 bits per heavy atom. The molecule has 0 heterocycles. The Hall–Kier alpha value is -2.04. The average Bonchev–Trinajstić information content (AvgIpc) is 2.37. The van der Waals surface area contributed by atoms with Crippen LogP contribution in [0.15, 0.2) is 24.3 Å². The number of carboxylic acid groups (broad SMARTS) is 1. The number of rotatable bonds is 7. The molecule has 1 aromatic carbocycles. The molecule has 0 saturated heterocycles. The summed E-state index contributed by atoms with van der Waals surface area (Å²) in [6.45, 7) is 6.43. The maximum atomic E-state index is 11.8. The number of hydrogen-bond acceptors (Lipinski definition) is 2. The van der Waals surface area contributed by atoms with E-state index in [-0.39, 0.29) is 18.4 Å². The molecule has 1 aromatic rings. The van der Waals surface area contributed by atoms with Gasteiger partial charge in [0.05, 0.1) is 0 Å². The third-order valence-electron chi connectivity index (χ3n) is 3.13. The molecule has 3 N–H and O–H groups in total. The molecule has 21 heavy (non-hydrogen) atoms. The van der Waals surface area contributed by atoms with E-state index in [0.29, 0.717) is 12.5 Å². The van der Waals surface area contributed by atoms with Gasteiger partial charge in [0, 0.05) is 18.7 Å². The molecule has 0 bridgehead atoms. The quantitative estimate of drug-likeness (QED) is 0.721. The zero-order chi connectivity index (χ0) is 15.8. The van der Waals surface area contributed by atoms with Gasteiger partial charge in [-0.3, -0.25) is 4.79 Å². The van der Waals surface area contributed by atoms with Crippen molar-refractivity contribution < 1.29 is 14.7 Å². The van der Waals surface area contributed by atoms with Crippen molar-refractivity contribution in [3.8, 4) is 0 Å². The van der Waals surface area contributed by atoms with Crippen LogP contribution in [0.5, 0.6) is 0 Å². The lowest BCUT2D eigenvalue weighted by molar-refractivity contribution is -0.138. The molecule has 5 heteroatoms.